The highest BCUT2D eigenvalue weighted by atomic mass is 16.5. The third-order valence-electron chi connectivity index (χ3n) is 2.88. The Morgan fingerprint density at radius 2 is 1.95 bits per heavy atom. The van der Waals surface area contributed by atoms with E-state index in [1.807, 2.05) is 6.07 Å². The van der Waals surface area contributed by atoms with Gasteiger partial charge in [-0.05, 0) is 42.8 Å². The van der Waals surface area contributed by atoms with Crippen LogP contribution in [0, 0.1) is 0 Å². The summed E-state index contributed by atoms with van der Waals surface area (Å²) < 4.78 is 10.9. The molecular weight excluding hydrogens is 256 g/mol. The van der Waals surface area contributed by atoms with Gasteiger partial charge in [-0.1, -0.05) is 12.1 Å². The number of hydrogen-bond acceptors (Lipinski definition) is 4. The molecular formula is C16H16O4. The number of benzene rings is 2. The van der Waals surface area contributed by atoms with Gasteiger partial charge in [0.25, 0.3) is 0 Å². The highest BCUT2D eigenvalue weighted by molar-refractivity contribution is 5.94. The number of hydrogen-bond donors (Lipinski definition) is 1. The lowest BCUT2D eigenvalue weighted by atomic mass is 10.1. The van der Waals surface area contributed by atoms with Crippen molar-refractivity contribution in [3.8, 4) is 17.2 Å². The molecule has 0 saturated carbocycles. The zero-order valence-electron chi connectivity index (χ0n) is 11.4. The lowest BCUT2D eigenvalue weighted by molar-refractivity contribution is 0.101. The number of ether oxygens (including phenoxy) is 2. The molecule has 0 bridgehead atoms. The average Bonchev–Trinajstić information content (AvgIpc) is 2.45. The molecule has 2 aromatic carbocycles. The van der Waals surface area contributed by atoms with Crippen LogP contribution < -0.4 is 9.47 Å². The van der Waals surface area contributed by atoms with Crippen LogP contribution in [0.25, 0.3) is 0 Å². The number of carbonyl (C=O) groups excluding carboxylic acids is 1. The van der Waals surface area contributed by atoms with E-state index in [-0.39, 0.29) is 11.5 Å². The molecule has 0 aliphatic heterocycles. The minimum absolute atomic E-state index is 0.0252. The molecule has 0 heterocycles. The maximum atomic E-state index is 11.3. The number of ketones is 1. The summed E-state index contributed by atoms with van der Waals surface area (Å²) in [5.74, 6) is 1.24. The topological polar surface area (TPSA) is 55.8 Å². The van der Waals surface area contributed by atoms with Crippen LogP contribution in [0.3, 0.4) is 0 Å². The van der Waals surface area contributed by atoms with Gasteiger partial charge in [0.2, 0.25) is 0 Å². The molecule has 1 N–H and O–H groups in total. The number of rotatable bonds is 5. The van der Waals surface area contributed by atoms with E-state index in [4.69, 9.17) is 9.47 Å². The first-order chi connectivity index (χ1) is 9.60. The molecule has 104 valence electrons. The summed E-state index contributed by atoms with van der Waals surface area (Å²) in [5.41, 5.74) is 1.43. The highest BCUT2D eigenvalue weighted by Gasteiger charge is 2.08. The molecule has 2 rings (SSSR count). The van der Waals surface area contributed by atoms with Gasteiger partial charge in [0.05, 0.1) is 7.11 Å². The molecule has 0 radical (unpaired) electrons. The van der Waals surface area contributed by atoms with Gasteiger partial charge in [-0.15, -0.1) is 0 Å². The van der Waals surface area contributed by atoms with Crippen LogP contribution >= 0.6 is 0 Å². The van der Waals surface area contributed by atoms with E-state index < -0.39 is 0 Å². The van der Waals surface area contributed by atoms with Crippen molar-refractivity contribution in [2.45, 2.75) is 13.5 Å². The monoisotopic (exact) mass is 272 g/mol. The maximum absolute atomic E-state index is 11.3. The molecule has 2 aromatic rings. The van der Waals surface area contributed by atoms with E-state index >= 15 is 0 Å². The Labute approximate surface area is 117 Å². The van der Waals surface area contributed by atoms with Gasteiger partial charge in [-0.25, -0.2) is 0 Å². The fourth-order valence-corrected chi connectivity index (χ4v) is 1.81. The summed E-state index contributed by atoms with van der Waals surface area (Å²) in [5, 5.41) is 9.39. The molecule has 0 atom stereocenters. The van der Waals surface area contributed by atoms with Gasteiger partial charge < -0.3 is 14.6 Å². The van der Waals surface area contributed by atoms with Crippen molar-refractivity contribution in [2.75, 3.05) is 7.11 Å². The predicted molar refractivity (Wildman–Crippen MR) is 75.4 cm³/mol. The summed E-state index contributed by atoms with van der Waals surface area (Å²) in [6, 6.07) is 11.9. The van der Waals surface area contributed by atoms with E-state index in [0.29, 0.717) is 23.7 Å². The second-order valence-electron chi connectivity index (χ2n) is 4.38. The van der Waals surface area contributed by atoms with Crippen molar-refractivity contribution in [2.24, 2.45) is 0 Å². The molecule has 0 aliphatic rings. The SMILES string of the molecule is COc1cc(C(C)=O)ccc1OCc1cccc(O)c1. The van der Waals surface area contributed by atoms with Gasteiger partial charge in [0.15, 0.2) is 17.3 Å². The van der Waals surface area contributed by atoms with Gasteiger partial charge in [-0.3, -0.25) is 4.79 Å². The van der Waals surface area contributed by atoms with Gasteiger partial charge >= 0.3 is 0 Å². The zero-order valence-corrected chi connectivity index (χ0v) is 11.4. The minimum Gasteiger partial charge on any atom is -0.508 e. The second-order valence-corrected chi connectivity index (χ2v) is 4.38. The van der Waals surface area contributed by atoms with Gasteiger partial charge in [0, 0.05) is 5.56 Å². The third kappa shape index (κ3) is 3.29. The van der Waals surface area contributed by atoms with Crippen LogP contribution in [0.15, 0.2) is 42.5 Å². The Kier molecular flexibility index (Phi) is 4.25. The Morgan fingerprint density at radius 1 is 1.15 bits per heavy atom. The molecule has 0 fully saturated rings. The summed E-state index contributed by atoms with van der Waals surface area (Å²) in [6.45, 7) is 1.81. The smallest absolute Gasteiger partial charge is 0.161 e. The fourth-order valence-electron chi connectivity index (χ4n) is 1.81. The number of Topliss-reactive ketones (excluding diaryl/α,β-unsaturated/α-hetero) is 1. The second kappa shape index (κ2) is 6.10. The Balaban J connectivity index is 2.15. The van der Waals surface area contributed by atoms with E-state index in [2.05, 4.69) is 0 Å². The number of methoxy groups -OCH3 is 1. The number of aromatic hydroxyl groups is 1. The molecule has 0 saturated heterocycles. The van der Waals surface area contributed by atoms with Crippen LogP contribution in [-0.4, -0.2) is 18.0 Å². The summed E-state index contributed by atoms with van der Waals surface area (Å²) >= 11 is 0. The van der Waals surface area contributed by atoms with Crippen LogP contribution in [-0.2, 0) is 6.61 Å². The van der Waals surface area contributed by atoms with E-state index in [9.17, 15) is 9.90 Å². The van der Waals surface area contributed by atoms with Crippen LogP contribution in [0.1, 0.15) is 22.8 Å². The molecule has 4 nitrogen and oxygen atoms in total. The van der Waals surface area contributed by atoms with Crippen molar-refractivity contribution in [1.29, 1.82) is 0 Å². The summed E-state index contributed by atoms with van der Waals surface area (Å²) in [4.78, 5) is 11.3. The lowest BCUT2D eigenvalue weighted by Gasteiger charge is -2.11. The Morgan fingerprint density at radius 3 is 2.60 bits per heavy atom. The highest BCUT2D eigenvalue weighted by Crippen LogP contribution is 2.29. The van der Waals surface area contributed by atoms with Crippen molar-refractivity contribution >= 4 is 5.78 Å². The third-order valence-corrected chi connectivity index (χ3v) is 2.88. The summed E-state index contributed by atoms with van der Waals surface area (Å²) in [7, 11) is 1.53. The fraction of sp³-hybridized carbons (Fsp3) is 0.188. The van der Waals surface area contributed by atoms with Crippen molar-refractivity contribution in [3.05, 3.63) is 53.6 Å². The van der Waals surface area contributed by atoms with Crippen LogP contribution in [0.5, 0.6) is 17.2 Å². The quantitative estimate of drug-likeness (QED) is 0.849. The van der Waals surface area contributed by atoms with Crippen molar-refractivity contribution in [1.82, 2.24) is 0 Å². The molecule has 0 aliphatic carbocycles. The normalized spacial score (nSPS) is 10.1. The summed E-state index contributed by atoms with van der Waals surface area (Å²) in [6.07, 6.45) is 0. The largest absolute Gasteiger partial charge is 0.508 e. The van der Waals surface area contributed by atoms with E-state index in [0.717, 1.165) is 5.56 Å². The molecule has 4 heteroatoms. The Hall–Kier alpha value is -2.49. The van der Waals surface area contributed by atoms with Crippen molar-refractivity contribution < 1.29 is 19.4 Å². The van der Waals surface area contributed by atoms with Crippen LogP contribution in [0.4, 0.5) is 0 Å². The first-order valence-corrected chi connectivity index (χ1v) is 6.20. The molecule has 0 spiro atoms. The number of phenols is 1. The molecule has 0 unspecified atom stereocenters. The Bertz CT molecular complexity index is 620. The van der Waals surface area contributed by atoms with E-state index in [1.165, 1.54) is 14.0 Å². The van der Waals surface area contributed by atoms with Gasteiger partial charge in [0.1, 0.15) is 12.4 Å². The lowest BCUT2D eigenvalue weighted by Crippen LogP contribution is -1.99. The first kappa shape index (κ1) is 13.9. The zero-order chi connectivity index (χ0) is 14.5. The predicted octanol–water partition coefficient (Wildman–Crippen LogP) is 3.18. The standard InChI is InChI=1S/C16H16O4/c1-11(17)13-6-7-15(16(9-13)19-2)20-10-12-4-3-5-14(18)8-12/h3-9,18H,10H2,1-2H3. The molecule has 0 aromatic heterocycles. The number of phenolic OH excluding ortho intramolecular Hbond substituents is 1. The van der Waals surface area contributed by atoms with Crippen molar-refractivity contribution in [3.63, 3.8) is 0 Å². The van der Waals surface area contributed by atoms with Crippen LogP contribution in [0.2, 0.25) is 0 Å². The first-order valence-electron chi connectivity index (χ1n) is 6.20. The van der Waals surface area contributed by atoms with E-state index in [1.54, 1.807) is 36.4 Å². The maximum Gasteiger partial charge on any atom is 0.161 e. The number of carbonyl (C=O) groups is 1. The van der Waals surface area contributed by atoms with Gasteiger partial charge in [-0.2, -0.15) is 0 Å². The molecule has 20 heavy (non-hydrogen) atoms. The average molecular weight is 272 g/mol. The molecule has 0 amide bonds. The minimum atomic E-state index is -0.0252.